The summed E-state index contributed by atoms with van der Waals surface area (Å²) in [6, 6.07) is 8.09. The number of hydrogen-bond donors (Lipinski definition) is 0. The van der Waals surface area contributed by atoms with Gasteiger partial charge in [-0.1, -0.05) is 50.3 Å². The van der Waals surface area contributed by atoms with Crippen LogP contribution in [0.2, 0.25) is 0 Å². The highest BCUT2D eigenvalue weighted by atomic mass is 16.6. The first kappa shape index (κ1) is 14.5. The van der Waals surface area contributed by atoms with Crippen molar-refractivity contribution in [2.75, 3.05) is 0 Å². The van der Waals surface area contributed by atoms with Gasteiger partial charge < -0.3 is 4.74 Å². The van der Waals surface area contributed by atoms with E-state index in [2.05, 4.69) is 6.58 Å². The zero-order valence-corrected chi connectivity index (χ0v) is 11.9. The smallest absolute Gasteiger partial charge is 0.333 e. The summed E-state index contributed by atoms with van der Waals surface area (Å²) >= 11 is 0. The van der Waals surface area contributed by atoms with Gasteiger partial charge in [0.15, 0.2) is 0 Å². The molecule has 0 heterocycles. The first-order valence-corrected chi connectivity index (χ1v) is 6.23. The molecule has 2 nitrogen and oxygen atoms in total. The number of hydrogen-bond acceptors (Lipinski definition) is 2. The normalized spacial score (nSPS) is 14.1. The van der Waals surface area contributed by atoms with E-state index in [1.54, 1.807) is 6.92 Å². The van der Waals surface area contributed by atoms with E-state index >= 15 is 0 Å². The molecule has 98 valence electrons. The van der Waals surface area contributed by atoms with E-state index in [1.807, 2.05) is 52.0 Å². The number of aryl methyl sites for hydroxylation is 1. The highest BCUT2D eigenvalue weighted by Crippen LogP contribution is 2.34. The van der Waals surface area contributed by atoms with Crippen LogP contribution in [-0.2, 0) is 15.1 Å². The Morgan fingerprint density at radius 1 is 1.28 bits per heavy atom. The Balaban J connectivity index is 3.11. The van der Waals surface area contributed by atoms with Crippen molar-refractivity contribution in [2.24, 2.45) is 5.92 Å². The van der Waals surface area contributed by atoms with Crippen molar-refractivity contribution in [3.05, 3.63) is 47.5 Å². The maximum absolute atomic E-state index is 11.8. The largest absolute Gasteiger partial charge is 0.451 e. The van der Waals surface area contributed by atoms with E-state index < -0.39 is 5.60 Å². The van der Waals surface area contributed by atoms with Crippen molar-refractivity contribution in [2.45, 2.75) is 40.2 Å². The average molecular weight is 246 g/mol. The van der Waals surface area contributed by atoms with Crippen molar-refractivity contribution < 1.29 is 9.53 Å². The van der Waals surface area contributed by atoms with Crippen LogP contribution in [0.1, 0.15) is 38.8 Å². The third-order valence-electron chi connectivity index (χ3n) is 3.38. The van der Waals surface area contributed by atoms with Crippen LogP contribution in [0.4, 0.5) is 0 Å². The molecule has 0 bridgehead atoms. The molecule has 0 saturated heterocycles. The quantitative estimate of drug-likeness (QED) is 0.593. The molecule has 0 aliphatic rings. The van der Waals surface area contributed by atoms with Gasteiger partial charge in [0.05, 0.1) is 0 Å². The Morgan fingerprint density at radius 2 is 1.78 bits per heavy atom. The zero-order chi connectivity index (χ0) is 13.9. The molecule has 0 spiro atoms. The van der Waals surface area contributed by atoms with E-state index in [1.165, 1.54) is 5.56 Å². The number of carbonyl (C=O) groups is 1. The van der Waals surface area contributed by atoms with Crippen LogP contribution in [-0.4, -0.2) is 5.97 Å². The first-order chi connectivity index (χ1) is 8.27. The predicted molar refractivity (Wildman–Crippen MR) is 74.3 cm³/mol. The fourth-order valence-electron chi connectivity index (χ4n) is 1.67. The summed E-state index contributed by atoms with van der Waals surface area (Å²) in [6.07, 6.45) is 0. The molecule has 0 N–H and O–H groups in total. The third kappa shape index (κ3) is 3.00. The van der Waals surface area contributed by atoms with Crippen molar-refractivity contribution in [3.8, 4) is 0 Å². The summed E-state index contributed by atoms with van der Waals surface area (Å²) in [7, 11) is 0. The lowest BCUT2D eigenvalue weighted by Gasteiger charge is -2.34. The summed E-state index contributed by atoms with van der Waals surface area (Å²) in [4.78, 5) is 11.8. The van der Waals surface area contributed by atoms with E-state index in [-0.39, 0.29) is 11.9 Å². The SMILES string of the molecule is C=C(C)C(=O)OC(C)(c1ccc(C)cc1)C(C)C. The van der Waals surface area contributed by atoms with Gasteiger partial charge in [-0.05, 0) is 32.3 Å². The van der Waals surface area contributed by atoms with E-state index in [0.717, 1.165) is 5.56 Å². The minimum atomic E-state index is -0.621. The summed E-state index contributed by atoms with van der Waals surface area (Å²) < 4.78 is 5.65. The second-order valence-corrected chi connectivity index (χ2v) is 5.30. The van der Waals surface area contributed by atoms with Gasteiger partial charge in [-0.25, -0.2) is 4.79 Å². The third-order valence-corrected chi connectivity index (χ3v) is 3.38. The fourth-order valence-corrected chi connectivity index (χ4v) is 1.67. The summed E-state index contributed by atoms with van der Waals surface area (Å²) in [5.41, 5.74) is 2.01. The van der Waals surface area contributed by atoms with Gasteiger partial charge in [0.25, 0.3) is 0 Å². The van der Waals surface area contributed by atoms with E-state index in [4.69, 9.17) is 4.74 Å². The topological polar surface area (TPSA) is 26.3 Å². The van der Waals surface area contributed by atoms with Crippen LogP contribution in [0.5, 0.6) is 0 Å². The molecule has 1 aromatic rings. The molecule has 0 aromatic heterocycles. The lowest BCUT2D eigenvalue weighted by atomic mass is 9.84. The highest BCUT2D eigenvalue weighted by Gasteiger charge is 2.34. The molecule has 0 aliphatic heterocycles. The van der Waals surface area contributed by atoms with Gasteiger partial charge >= 0.3 is 5.97 Å². The van der Waals surface area contributed by atoms with Crippen LogP contribution in [0.25, 0.3) is 0 Å². The Labute approximate surface area is 110 Å². The van der Waals surface area contributed by atoms with Gasteiger partial charge in [-0.3, -0.25) is 0 Å². The van der Waals surface area contributed by atoms with Crippen LogP contribution < -0.4 is 0 Å². The Bertz CT molecular complexity index is 443. The minimum absolute atomic E-state index is 0.184. The molecule has 0 fully saturated rings. The molecule has 18 heavy (non-hydrogen) atoms. The second kappa shape index (κ2) is 5.38. The molecule has 2 heteroatoms. The maximum Gasteiger partial charge on any atom is 0.333 e. The second-order valence-electron chi connectivity index (χ2n) is 5.30. The van der Waals surface area contributed by atoms with Crippen molar-refractivity contribution >= 4 is 5.97 Å². The number of carbonyl (C=O) groups excluding carboxylic acids is 1. The fraction of sp³-hybridized carbons (Fsp3) is 0.438. The standard InChI is InChI=1S/C16H22O2/c1-11(2)15(17)18-16(6,12(3)4)14-9-7-13(5)8-10-14/h7-10,12H,1H2,2-6H3. The van der Waals surface area contributed by atoms with Gasteiger partial charge in [-0.2, -0.15) is 0 Å². The lowest BCUT2D eigenvalue weighted by Crippen LogP contribution is -2.34. The lowest BCUT2D eigenvalue weighted by molar-refractivity contribution is -0.159. The number of ether oxygens (including phenoxy) is 1. The molecular weight excluding hydrogens is 224 g/mol. The summed E-state index contributed by atoms with van der Waals surface area (Å²) in [5.74, 6) is -0.157. The molecule has 0 amide bonds. The van der Waals surface area contributed by atoms with Crippen molar-refractivity contribution in [1.29, 1.82) is 0 Å². The average Bonchev–Trinajstić information content (AvgIpc) is 2.29. The number of benzene rings is 1. The molecular formula is C16H22O2. The van der Waals surface area contributed by atoms with Gasteiger partial charge in [-0.15, -0.1) is 0 Å². The predicted octanol–water partition coefficient (Wildman–Crippen LogP) is 3.99. The molecule has 0 saturated carbocycles. The molecule has 1 rings (SSSR count). The molecule has 1 atom stereocenters. The van der Waals surface area contributed by atoms with E-state index in [0.29, 0.717) is 5.57 Å². The Morgan fingerprint density at radius 3 is 2.17 bits per heavy atom. The summed E-state index contributed by atoms with van der Waals surface area (Å²) in [6.45, 7) is 13.4. The number of esters is 1. The van der Waals surface area contributed by atoms with Crippen molar-refractivity contribution in [3.63, 3.8) is 0 Å². The van der Waals surface area contributed by atoms with Gasteiger partial charge in [0.2, 0.25) is 0 Å². The minimum Gasteiger partial charge on any atom is -0.451 e. The van der Waals surface area contributed by atoms with Crippen LogP contribution in [0, 0.1) is 12.8 Å². The summed E-state index contributed by atoms with van der Waals surface area (Å²) in [5, 5.41) is 0. The van der Waals surface area contributed by atoms with Gasteiger partial charge in [0.1, 0.15) is 5.60 Å². The van der Waals surface area contributed by atoms with Crippen LogP contribution in [0.3, 0.4) is 0 Å². The van der Waals surface area contributed by atoms with Crippen molar-refractivity contribution in [1.82, 2.24) is 0 Å². The van der Waals surface area contributed by atoms with Gasteiger partial charge in [0, 0.05) is 5.57 Å². The highest BCUT2D eigenvalue weighted by molar-refractivity contribution is 5.87. The molecule has 1 unspecified atom stereocenters. The maximum atomic E-state index is 11.8. The zero-order valence-electron chi connectivity index (χ0n) is 11.9. The number of rotatable bonds is 4. The van der Waals surface area contributed by atoms with Crippen LogP contribution in [0.15, 0.2) is 36.4 Å². The molecule has 1 aromatic carbocycles. The molecule has 0 aliphatic carbocycles. The monoisotopic (exact) mass is 246 g/mol. The Kier molecular flexibility index (Phi) is 4.33. The first-order valence-electron chi connectivity index (χ1n) is 6.23. The van der Waals surface area contributed by atoms with E-state index in [9.17, 15) is 4.79 Å². The Hall–Kier alpha value is -1.57. The van der Waals surface area contributed by atoms with Crippen LogP contribution >= 0.6 is 0 Å². The molecule has 0 radical (unpaired) electrons.